The third-order valence-electron chi connectivity index (χ3n) is 5.44. The van der Waals surface area contributed by atoms with E-state index in [0.29, 0.717) is 0 Å². The molecule has 0 radical (unpaired) electrons. The Morgan fingerprint density at radius 1 is 1.07 bits per heavy atom. The monoisotopic (exact) mass is 390 g/mol. The minimum Gasteiger partial charge on any atom is -0.325 e. The first-order valence-corrected chi connectivity index (χ1v) is 10.7. The van der Waals surface area contributed by atoms with Gasteiger partial charge in [-0.1, -0.05) is 36.8 Å². The zero-order valence-corrected chi connectivity index (χ0v) is 16.4. The number of anilines is 1. The smallest absolute Gasteiger partial charge is 0.238 e. The first kappa shape index (κ1) is 17.5. The van der Waals surface area contributed by atoms with E-state index in [1.54, 1.807) is 11.8 Å². The van der Waals surface area contributed by atoms with Crippen LogP contribution in [0.4, 0.5) is 5.69 Å². The third-order valence-corrected chi connectivity index (χ3v) is 6.75. The van der Waals surface area contributed by atoms with Crippen molar-refractivity contribution in [1.82, 2.24) is 14.8 Å². The van der Waals surface area contributed by atoms with Gasteiger partial charge in [0, 0.05) is 29.1 Å². The number of carbonyl (C=O) groups excluding carboxylic acids is 1. The zero-order valence-electron chi connectivity index (χ0n) is 15.6. The standard InChI is InChI=1S/C22H22N4OS/c27-22(19-14-15-7-3-4-10-18(15)28-19)23-17-9-6-8-16(13-17)21-25-24-20-11-2-1-5-12-26(20)21/h3-4,6-10,13,19H,1-2,5,11-12,14H2,(H,23,27)/t19-/m0/s1. The number of nitrogens with one attached hydrogen (secondary N) is 1. The molecule has 142 valence electrons. The Hall–Kier alpha value is -2.60. The van der Waals surface area contributed by atoms with Gasteiger partial charge in [0.05, 0.1) is 5.25 Å². The summed E-state index contributed by atoms with van der Waals surface area (Å²) in [5.74, 6) is 2.02. The molecule has 5 rings (SSSR count). The number of benzene rings is 2. The fraction of sp³-hybridized carbons (Fsp3) is 0.318. The number of hydrogen-bond acceptors (Lipinski definition) is 4. The van der Waals surface area contributed by atoms with Crippen LogP contribution in [-0.4, -0.2) is 25.9 Å². The SMILES string of the molecule is O=C(Nc1cccc(-c2nnc3n2CCCCC3)c1)[C@@H]1Cc2ccccc2S1. The lowest BCUT2D eigenvalue weighted by Crippen LogP contribution is -2.24. The van der Waals surface area contributed by atoms with Crippen molar-refractivity contribution >= 4 is 23.4 Å². The number of aromatic nitrogens is 3. The molecule has 0 spiro atoms. The van der Waals surface area contributed by atoms with Crippen LogP contribution in [0.15, 0.2) is 53.4 Å². The first-order valence-electron chi connectivity index (χ1n) is 9.86. The minimum absolute atomic E-state index is 0.0541. The highest BCUT2D eigenvalue weighted by Gasteiger charge is 2.28. The van der Waals surface area contributed by atoms with E-state index in [4.69, 9.17) is 0 Å². The van der Waals surface area contributed by atoms with Crippen LogP contribution in [0.1, 0.15) is 30.7 Å². The Morgan fingerprint density at radius 2 is 2.00 bits per heavy atom. The highest BCUT2D eigenvalue weighted by molar-refractivity contribution is 8.01. The van der Waals surface area contributed by atoms with Crippen molar-refractivity contribution in [2.45, 2.75) is 48.8 Å². The van der Waals surface area contributed by atoms with E-state index in [2.05, 4.69) is 32.2 Å². The van der Waals surface area contributed by atoms with Crippen molar-refractivity contribution in [3.05, 3.63) is 59.9 Å². The van der Waals surface area contributed by atoms with Crippen molar-refractivity contribution in [3.63, 3.8) is 0 Å². The van der Waals surface area contributed by atoms with Crippen molar-refractivity contribution in [3.8, 4) is 11.4 Å². The van der Waals surface area contributed by atoms with E-state index >= 15 is 0 Å². The Labute approximate surface area is 168 Å². The second-order valence-corrected chi connectivity index (χ2v) is 8.64. The van der Waals surface area contributed by atoms with Gasteiger partial charge in [-0.15, -0.1) is 22.0 Å². The molecule has 6 heteroatoms. The molecule has 2 aliphatic rings. The fourth-order valence-corrected chi connectivity index (χ4v) is 5.18. The Morgan fingerprint density at radius 3 is 2.93 bits per heavy atom. The summed E-state index contributed by atoms with van der Waals surface area (Å²) in [6, 6.07) is 16.2. The fourth-order valence-electron chi connectivity index (χ4n) is 3.99. The van der Waals surface area contributed by atoms with Crippen molar-refractivity contribution < 1.29 is 4.79 Å². The second kappa shape index (κ2) is 7.43. The summed E-state index contributed by atoms with van der Waals surface area (Å²) < 4.78 is 2.23. The van der Waals surface area contributed by atoms with Crippen molar-refractivity contribution in [2.75, 3.05) is 5.32 Å². The van der Waals surface area contributed by atoms with Gasteiger partial charge in [0.1, 0.15) is 5.82 Å². The quantitative estimate of drug-likeness (QED) is 0.723. The molecule has 3 aromatic rings. The van der Waals surface area contributed by atoms with E-state index in [9.17, 15) is 4.79 Å². The van der Waals surface area contributed by atoms with Gasteiger partial charge in [-0.3, -0.25) is 4.79 Å². The molecule has 0 unspecified atom stereocenters. The summed E-state index contributed by atoms with van der Waals surface area (Å²) in [6.45, 7) is 0.964. The van der Waals surface area contributed by atoms with E-state index in [1.165, 1.54) is 23.3 Å². The predicted octanol–water partition coefficient (Wildman–Crippen LogP) is 4.33. The van der Waals surface area contributed by atoms with E-state index < -0.39 is 0 Å². The molecule has 1 N–H and O–H groups in total. The third kappa shape index (κ3) is 3.33. The molecule has 0 aliphatic carbocycles. The number of amides is 1. The molecule has 1 atom stereocenters. The number of fused-ring (bicyclic) bond motifs is 2. The highest BCUT2D eigenvalue weighted by atomic mass is 32.2. The van der Waals surface area contributed by atoms with Gasteiger partial charge in [0.25, 0.3) is 0 Å². The summed E-state index contributed by atoms with van der Waals surface area (Å²) in [4.78, 5) is 14.0. The molecule has 0 fully saturated rings. The molecule has 0 saturated heterocycles. The maximum absolute atomic E-state index is 12.8. The summed E-state index contributed by atoms with van der Waals surface area (Å²) in [5.41, 5.74) is 3.07. The van der Waals surface area contributed by atoms with Crippen LogP contribution in [0.5, 0.6) is 0 Å². The Bertz CT molecular complexity index is 1000. The molecule has 5 nitrogen and oxygen atoms in total. The summed E-state index contributed by atoms with van der Waals surface area (Å²) in [7, 11) is 0. The lowest BCUT2D eigenvalue weighted by Gasteiger charge is -2.12. The van der Waals surface area contributed by atoms with Crippen LogP contribution in [-0.2, 0) is 24.2 Å². The van der Waals surface area contributed by atoms with Crippen LogP contribution in [0.2, 0.25) is 0 Å². The minimum atomic E-state index is -0.0783. The normalized spacial score (nSPS) is 18.2. The van der Waals surface area contributed by atoms with Crippen LogP contribution >= 0.6 is 11.8 Å². The average molecular weight is 391 g/mol. The maximum atomic E-state index is 12.8. The maximum Gasteiger partial charge on any atom is 0.238 e. The zero-order chi connectivity index (χ0) is 18.9. The van der Waals surface area contributed by atoms with Crippen molar-refractivity contribution in [1.29, 1.82) is 0 Å². The molecule has 1 amide bonds. The molecule has 28 heavy (non-hydrogen) atoms. The molecular weight excluding hydrogens is 368 g/mol. The average Bonchev–Trinajstić information content (AvgIpc) is 3.26. The number of nitrogens with zero attached hydrogens (tertiary/aromatic N) is 3. The van der Waals surface area contributed by atoms with Gasteiger partial charge < -0.3 is 9.88 Å². The van der Waals surface area contributed by atoms with Crippen LogP contribution in [0.25, 0.3) is 11.4 Å². The number of thioether (sulfide) groups is 1. The first-order chi connectivity index (χ1) is 13.8. The molecule has 1 aromatic heterocycles. The molecule has 3 heterocycles. The van der Waals surface area contributed by atoms with E-state index in [0.717, 1.165) is 48.7 Å². The number of rotatable bonds is 3. The van der Waals surface area contributed by atoms with Crippen LogP contribution < -0.4 is 5.32 Å². The molecule has 2 aromatic carbocycles. The summed E-state index contributed by atoms with van der Waals surface area (Å²) in [6.07, 6.45) is 5.34. The van der Waals surface area contributed by atoms with Gasteiger partial charge in [0.15, 0.2) is 5.82 Å². The molecule has 2 aliphatic heterocycles. The second-order valence-electron chi connectivity index (χ2n) is 7.39. The van der Waals surface area contributed by atoms with Gasteiger partial charge >= 0.3 is 0 Å². The number of hydrogen-bond donors (Lipinski definition) is 1. The lowest BCUT2D eigenvalue weighted by molar-refractivity contribution is -0.115. The molecule has 0 saturated carbocycles. The van der Waals surface area contributed by atoms with Gasteiger partial charge in [-0.05, 0) is 43.0 Å². The van der Waals surface area contributed by atoms with E-state index in [1.807, 2.05) is 36.4 Å². The van der Waals surface area contributed by atoms with Crippen LogP contribution in [0.3, 0.4) is 0 Å². The summed E-state index contributed by atoms with van der Waals surface area (Å²) in [5, 5.41) is 11.8. The Kier molecular flexibility index (Phi) is 4.64. The number of aryl methyl sites for hydroxylation is 1. The van der Waals surface area contributed by atoms with E-state index in [-0.39, 0.29) is 11.2 Å². The predicted molar refractivity (Wildman–Crippen MR) is 111 cm³/mol. The van der Waals surface area contributed by atoms with Gasteiger partial charge in [0.2, 0.25) is 5.91 Å². The van der Waals surface area contributed by atoms with Crippen LogP contribution in [0, 0.1) is 0 Å². The van der Waals surface area contributed by atoms with Gasteiger partial charge in [-0.25, -0.2) is 0 Å². The molecular formula is C22H22N4OS. The largest absolute Gasteiger partial charge is 0.325 e. The Balaban J connectivity index is 1.34. The number of carbonyl (C=O) groups is 1. The highest BCUT2D eigenvalue weighted by Crippen LogP contribution is 2.37. The topological polar surface area (TPSA) is 59.8 Å². The van der Waals surface area contributed by atoms with Gasteiger partial charge in [-0.2, -0.15) is 0 Å². The summed E-state index contributed by atoms with van der Waals surface area (Å²) >= 11 is 1.65. The molecule has 0 bridgehead atoms. The van der Waals surface area contributed by atoms with Crippen molar-refractivity contribution in [2.24, 2.45) is 0 Å². The lowest BCUT2D eigenvalue weighted by atomic mass is 10.1.